The maximum Gasteiger partial charge on any atom is 0.294 e. The predicted octanol–water partition coefficient (Wildman–Crippen LogP) is 0.0442. The first-order chi connectivity index (χ1) is 8.59. The van der Waals surface area contributed by atoms with Gasteiger partial charge in [-0.3, -0.25) is 10.1 Å². The number of nitro benzene ring substituents is 1. The van der Waals surface area contributed by atoms with E-state index in [2.05, 4.69) is 10.2 Å². The molecular weight excluding hydrogens is 232 g/mol. The van der Waals surface area contributed by atoms with Crippen LogP contribution in [-0.4, -0.2) is 45.2 Å². The van der Waals surface area contributed by atoms with Crippen molar-refractivity contribution < 1.29 is 10.2 Å². The molecule has 1 aromatic rings. The number of hydrogen-bond acceptors (Lipinski definition) is 4. The quantitative estimate of drug-likeness (QED) is 0.608. The van der Waals surface area contributed by atoms with Crippen LogP contribution in [0.5, 0.6) is 0 Å². The Hall–Kier alpha value is -1.82. The summed E-state index contributed by atoms with van der Waals surface area (Å²) in [6.45, 7) is 3.71. The van der Waals surface area contributed by atoms with Gasteiger partial charge in [0.2, 0.25) is 0 Å². The Labute approximate surface area is 106 Å². The zero-order valence-electron chi connectivity index (χ0n) is 10.8. The van der Waals surface area contributed by atoms with Gasteiger partial charge >= 0.3 is 0 Å². The van der Waals surface area contributed by atoms with Crippen molar-refractivity contribution in [3.05, 3.63) is 28.3 Å². The van der Waals surface area contributed by atoms with Gasteiger partial charge in [0.1, 0.15) is 5.69 Å². The van der Waals surface area contributed by atoms with Crippen molar-refractivity contribution in [1.29, 1.82) is 0 Å². The third-order valence-electron chi connectivity index (χ3n) is 3.22. The van der Waals surface area contributed by atoms with Crippen LogP contribution in [0.25, 0.3) is 0 Å². The fourth-order valence-electron chi connectivity index (χ4n) is 2.19. The van der Waals surface area contributed by atoms with Gasteiger partial charge in [0.25, 0.3) is 5.69 Å². The van der Waals surface area contributed by atoms with Crippen LogP contribution >= 0.6 is 0 Å². The van der Waals surface area contributed by atoms with Crippen molar-refractivity contribution >= 4 is 17.1 Å². The van der Waals surface area contributed by atoms with E-state index in [0.717, 1.165) is 37.6 Å². The second-order valence-electron chi connectivity index (χ2n) is 4.68. The summed E-state index contributed by atoms with van der Waals surface area (Å²) in [5.41, 5.74) is 1.79. The largest absolute Gasteiger partial charge is 0.377 e. The van der Waals surface area contributed by atoms with E-state index in [1.807, 2.05) is 31.1 Å². The molecule has 0 aliphatic carbocycles. The Kier molecular flexibility index (Phi) is 3.66. The molecule has 1 aliphatic heterocycles. The number of hydrogen-bond donors (Lipinski definition) is 1. The molecule has 18 heavy (non-hydrogen) atoms. The number of benzene rings is 1. The Morgan fingerprint density at radius 2 is 2.00 bits per heavy atom. The number of quaternary nitrogens is 1. The summed E-state index contributed by atoms with van der Waals surface area (Å²) < 4.78 is 0. The first-order valence-electron chi connectivity index (χ1n) is 6.12. The third-order valence-corrected chi connectivity index (χ3v) is 3.22. The maximum absolute atomic E-state index is 11.2. The second-order valence-corrected chi connectivity index (χ2v) is 4.68. The van der Waals surface area contributed by atoms with E-state index in [1.54, 1.807) is 6.07 Å². The van der Waals surface area contributed by atoms with Crippen molar-refractivity contribution in [2.24, 2.45) is 0 Å². The summed E-state index contributed by atoms with van der Waals surface area (Å²) >= 11 is 0. The monoisotopic (exact) mass is 251 g/mol. The first kappa shape index (κ1) is 12.6. The number of nitro groups is 1. The molecule has 0 radical (unpaired) electrons. The molecule has 6 nitrogen and oxygen atoms in total. The van der Waals surface area contributed by atoms with E-state index in [4.69, 9.17) is 0 Å². The lowest BCUT2D eigenvalue weighted by Gasteiger charge is -2.27. The molecule has 1 heterocycles. The van der Waals surface area contributed by atoms with Crippen LogP contribution in [0.3, 0.4) is 0 Å². The fraction of sp³-hybridized carbons (Fsp3) is 0.500. The fourth-order valence-corrected chi connectivity index (χ4v) is 2.19. The molecule has 0 saturated carbocycles. The lowest BCUT2D eigenvalue weighted by Crippen LogP contribution is -2.89. The van der Waals surface area contributed by atoms with Crippen LogP contribution in [0.2, 0.25) is 0 Å². The lowest BCUT2D eigenvalue weighted by atomic mass is 10.2. The Morgan fingerprint density at radius 3 is 2.56 bits per heavy atom. The molecule has 6 heteroatoms. The number of piperazine rings is 1. The summed E-state index contributed by atoms with van der Waals surface area (Å²) in [6.07, 6.45) is 0. The molecule has 1 aromatic carbocycles. The minimum Gasteiger partial charge on any atom is -0.377 e. The molecule has 1 saturated heterocycles. The van der Waals surface area contributed by atoms with Crippen molar-refractivity contribution in [1.82, 2.24) is 0 Å². The van der Waals surface area contributed by atoms with E-state index in [-0.39, 0.29) is 10.6 Å². The molecule has 0 bridgehead atoms. The summed E-state index contributed by atoms with van der Waals surface area (Å²) in [6, 6.07) is 5.44. The molecule has 0 spiro atoms. The highest BCUT2D eigenvalue weighted by molar-refractivity contribution is 5.69. The third kappa shape index (κ3) is 2.53. The smallest absolute Gasteiger partial charge is 0.294 e. The van der Waals surface area contributed by atoms with Gasteiger partial charge in [0.15, 0.2) is 0 Å². The van der Waals surface area contributed by atoms with Crippen molar-refractivity contribution in [2.75, 3.05) is 50.1 Å². The summed E-state index contributed by atoms with van der Waals surface area (Å²) in [5.74, 6) is 0. The van der Waals surface area contributed by atoms with Gasteiger partial charge in [-0.25, -0.2) is 0 Å². The van der Waals surface area contributed by atoms with Crippen molar-refractivity contribution in [2.45, 2.75) is 0 Å². The molecule has 0 atom stereocenters. The van der Waals surface area contributed by atoms with E-state index in [1.165, 1.54) is 0 Å². The normalized spacial score (nSPS) is 15.6. The van der Waals surface area contributed by atoms with E-state index in [0.29, 0.717) is 0 Å². The van der Waals surface area contributed by atoms with Gasteiger partial charge in [-0.15, -0.1) is 0 Å². The van der Waals surface area contributed by atoms with Crippen molar-refractivity contribution in [3.63, 3.8) is 0 Å². The van der Waals surface area contributed by atoms with E-state index >= 15 is 0 Å². The molecule has 0 unspecified atom stereocenters. The standard InChI is InChI=1S/C12H18N4O2/c1-14(2)10-3-4-11(12(9-10)16(17)18)15-7-5-13-6-8-15/h3-4,9,13H,5-8H2,1-2H3/p+1. The van der Waals surface area contributed by atoms with Crippen LogP contribution in [0, 0.1) is 10.1 Å². The van der Waals surface area contributed by atoms with Crippen LogP contribution in [0.4, 0.5) is 17.1 Å². The zero-order valence-corrected chi connectivity index (χ0v) is 10.8. The molecular formula is C12H19N4O2+. The lowest BCUT2D eigenvalue weighted by molar-refractivity contribution is -0.655. The van der Waals surface area contributed by atoms with Gasteiger partial charge in [0.05, 0.1) is 31.1 Å². The van der Waals surface area contributed by atoms with Crippen LogP contribution in [0.15, 0.2) is 18.2 Å². The van der Waals surface area contributed by atoms with Gasteiger partial charge in [-0.05, 0) is 12.1 Å². The molecule has 2 rings (SSSR count). The van der Waals surface area contributed by atoms with Gasteiger partial charge in [-0.1, -0.05) is 0 Å². The highest BCUT2D eigenvalue weighted by atomic mass is 16.6. The molecule has 98 valence electrons. The number of nitrogens with two attached hydrogens (primary N) is 1. The number of rotatable bonds is 3. The number of anilines is 2. The summed E-state index contributed by atoms with van der Waals surface area (Å²) in [7, 11) is 3.77. The summed E-state index contributed by atoms with van der Waals surface area (Å²) in [5, 5.41) is 13.4. The van der Waals surface area contributed by atoms with Gasteiger partial charge < -0.3 is 15.1 Å². The summed E-state index contributed by atoms with van der Waals surface area (Å²) in [4.78, 5) is 14.9. The van der Waals surface area contributed by atoms with Gasteiger partial charge in [0, 0.05) is 25.8 Å². The molecule has 2 N–H and O–H groups in total. The second kappa shape index (κ2) is 5.22. The average Bonchev–Trinajstić information content (AvgIpc) is 2.39. The Bertz CT molecular complexity index is 442. The number of nitrogens with zero attached hydrogens (tertiary/aromatic N) is 3. The highest BCUT2D eigenvalue weighted by Gasteiger charge is 2.22. The minimum atomic E-state index is -0.291. The highest BCUT2D eigenvalue weighted by Crippen LogP contribution is 2.31. The molecule has 0 amide bonds. The molecule has 0 aromatic heterocycles. The van der Waals surface area contributed by atoms with Gasteiger partial charge in [-0.2, -0.15) is 0 Å². The van der Waals surface area contributed by atoms with Crippen LogP contribution in [0.1, 0.15) is 0 Å². The predicted molar refractivity (Wildman–Crippen MR) is 71.3 cm³/mol. The van der Waals surface area contributed by atoms with E-state index in [9.17, 15) is 10.1 Å². The van der Waals surface area contributed by atoms with Crippen LogP contribution < -0.4 is 15.1 Å². The molecule has 1 fully saturated rings. The van der Waals surface area contributed by atoms with Crippen LogP contribution in [-0.2, 0) is 0 Å². The Morgan fingerprint density at radius 1 is 1.33 bits per heavy atom. The van der Waals surface area contributed by atoms with E-state index < -0.39 is 0 Å². The zero-order chi connectivity index (χ0) is 13.1. The first-order valence-corrected chi connectivity index (χ1v) is 6.12. The minimum absolute atomic E-state index is 0.197. The Balaban J connectivity index is 2.36. The average molecular weight is 251 g/mol. The maximum atomic E-state index is 11.2. The topological polar surface area (TPSA) is 66.2 Å². The molecule has 1 aliphatic rings. The van der Waals surface area contributed by atoms with Crippen molar-refractivity contribution in [3.8, 4) is 0 Å². The SMILES string of the molecule is CN(C)c1ccc(N2CC[NH2+]CC2)c([N+](=O)[O-])c1.